The Balaban J connectivity index is 1.46. The van der Waals surface area contributed by atoms with Gasteiger partial charge in [-0.25, -0.2) is 0 Å². The van der Waals surface area contributed by atoms with E-state index in [0.717, 1.165) is 48.9 Å². The van der Waals surface area contributed by atoms with Crippen LogP contribution >= 0.6 is 0 Å². The number of aromatic nitrogens is 1. The number of carbonyl (C=O) groups is 1. The van der Waals surface area contributed by atoms with Crippen molar-refractivity contribution in [2.75, 3.05) is 13.1 Å². The second-order valence-electron chi connectivity index (χ2n) is 7.99. The molecule has 1 aromatic rings. The molecule has 0 radical (unpaired) electrons. The van der Waals surface area contributed by atoms with E-state index in [1.54, 1.807) is 0 Å². The normalized spacial score (nSPS) is 33.5. The minimum atomic E-state index is 0.0521. The first-order chi connectivity index (χ1) is 10.6. The standard InChI is InChI=1S/C18H26N2O2/c1-11(2)7-14-8-17(22-19-14)18(21)20-9-15-12-3-4-13(6-5-12)16(15)10-20/h8,11-13,15-16H,3-7,9-10H2,1-2H3/t12?,13?,15-,16+. The van der Waals surface area contributed by atoms with Crippen molar-refractivity contribution >= 4 is 5.91 Å². The predicted octanol–water partition coefficient (Wildman–Crippen LogP) is 3.38. The molecule has 4 fully saturated rings. The van der Waals surface area contributed by atoms with E-state index in [2.05, 4.69) is 19.0 Å². The van der Waals surface area contributed by atoms with E-state index in [1.165, 1.54) is 25.7 Å². The quantitative estimate of drug-likeness (QED) is 0.860. The Morgan fingerprint density at radius 2 is 1.82 bits per heavy atom. The third kappa shape index (κ3) is 2.37. The minimum Gasteiger partial charge on any atom is -0.351 e. The highest BCUT2D eigenvalue weighted by molar-refractivity contribution is 5.91. The molecule has 2 bridgehead atoms. The molecule has 4 heteroatoms. The molecule has 3 aliphatic carbocycles. The van der Waals surface area contributed by atoms with Gasteiger partial charge in [-0.1, -0.05) is 19.0 Å². The number of fused-ring (bicyclic) bond motifs is 2. The van der Waals surface area contributed by atoms with Crippen LogP contribution in [0.3, 0.4) is 0 Å². The third-order valence-electron chi connectivity index (χ3n) is 6.11. The van der Waals surface area contributed by atoms with E-state index in [4.69, 9.17) is 4.52 Å². The second kappa shape index (κ2) is 5.39. The molecule has 0 unspecified atom stereocenters. The smallest absolute Gasteiger partial charge is 0.292 e. The first-order valence-electron chi connectivity index (χ1n) is 8.86. The topological polar surface area (TPSA) is 46.3 Å². The SMILES string of the molecule is CC(C)Cc1cc(C(=O)N2C[C@@H]3C4CCC(CC4)[C@@H]3C2)on1. The van der Waals surface area contributed by atoms with Gasteiger partial charge in [0, 0.05) is 19.2 Å². The molecule has 1 amide bonds. The van der Waals surface area contributed by atoms with E-state index in [0.29, 0.717) is 11.7 Å². The maximum absolute atomic E-state index is 12.7. The summed E-state index contributed by atoms with van der Waals surface area (Å²) in [6, 6.07) is 1.85. The molecule has 1 saturated heterocycles. The molecule has 0 spiro atoms. The van der Waals surface area contributed by atoms with Crippen LogP contribution in [0.1, 0.15) is 55.8 Å². The Bertz CT molecular complexity index is 537. The zero-order valence-electron chi connectivity index (χ0n) is 13.6. The molecule has 4 nitrogen and oxygen atoms in total. The maximum atomic E-state index is 12.7. The Hall–Kier alpha value is -1.32. The molecule has 3 saturated carbocycles. The van der Waals surface area contributed by atoms with Crippen molar-refractivity contribution in [3.8, 4) is 0 Å². The van der Waals surface area contributed by atoms with Crippen molar-refractivity contribution < 1.29 is 9.32 Å². The minimum absolute atomic E-state index is 0.0521. The van der Waals surface area contributed by atoms with Crippen molar-refractivity contribution in [1.29, 1.82) is 0 Å². The first-order valence-corrected chi connectivity index (χ1v) is 8.86. The average Bonchev–Trinajstić information content (AvgIpc) is 3.14. The molecule has 0 N–H and O–H groups in total. The number of nitrogens with zero attached hydrogens (tertiary/aromatic N) is 2. The number of hydrogen-bond acceptors (Lipinski definition) is 3. The van der Waals surface area contributed by atoms with Gasteiger partial charge in [-0.15, -0.1) is 0 Å². The van der Waals surface area contributed by atoms with Crippen molar-refractivity contribution in [2.45, 2.75) is 46.0 Å². The van der Waals surface area contributed by atoms with Crippen LogP contribution in [0.5, 0.6) is 0 Å². The largest absolute Gasteiger partial charge is 0.351 e. The summed E-state index contributed by atoms with van der Waals surface area (Å²) in [6.07, 6.45) is 6.40. The van der Waals surface area contributed by atoms with Crippen LogP contribution in [-0.2, 0) is 6.42 Å². The number of likely N-dealkylation sites (tertiary alicyclic amines) is 1. The van der Waals surface area contributed by atoms with Gasteiger partial charge in [0.25, 0.3) is 5.91 Å². The molecule has 1 aliphatic heterocycles. The average molecular weight is 302 g/mol. The number of rotatable bonds is 3. The van der Waals surface area contributed by atoms with Crippen LogP contribution in [0.2, 0.25) is 0 Å². The molecule has 0 aromatic carbocycles. The Labute approximate surface area is 132 Å². The zero-order valence-corrected chi connectivity index (χ0v) is 13.6. The van der Waals surface area contributed by atoms with Gasteiger partial charge in [0.05, 0.1) is 5.69 Å². The van der Waals surface area contributed by atoms with Gasteiger partial charge in [-0.05, 0) is 61.7 Å². The highest BCUT2D eigenvalue weighted by Gasteiger charge is 2.49. The molecule has 22 heavy (non-hydrogen) atoms. The van der Waals surface area contributed by atoms with Crippen LogP contribution < -0.4 is 0 Å². The van der Waals surface area contributed by atoms with E-state index in [9.17, 15) is 4.79 Å². The van der Waals surface area contributed by atoms with E-state index < -0.39 is 0 Å². The zero-order chi connectivity index (χ0) is 15.3. The molecule has 4 aliphatic rings. The molecule has 120 valence electrons. The molecule has 2 atom stereocenters. The molecular formula is C18H26N2O2. The lowest BCUT2D eigenvalue weighted by atomic mass is 9.60. The van der Waals surface area contributed by atoms with Crippen LogP contribution in [0.4, 0.5) is 0 Å². The second-order valence-corrected chi connectivity index (χ2v) is 7.99. The lowest BCUT2D eigenvalue weighted by molar-refractivity contribution is 0.0577. The third-order valence-corrected chi connectivity index (χ3v) is 6.11. The van der Waals surface area contributed by atoms with E-state index in [1.807, 2.05) is 11.0 Å². The predicted molar refractivity (Wildman–Crippen MR) is 83.4 cm³/mol. The first kappa shape index (κ1) is 14.3. The van der Waals surface area contributed by atoms with Gasteiger partial charge in [0.1, 0.15) is 0 Å². The fraction of sp³-hybridized carbons (Fsp3) is 0.778. The van der Waals surface area contributed by atoms with Crippen LogP contribution in [0, 0.1) is 29.6 Å². The summed E-state index contributed by atoms with van der Waals surface area (Å²) < 4.78 is 5.32. The van der Waals surface area contributed by atoms with Crippen LogP contribution in [0.25, 0.3) is 0 Å². The van der Waals surface area contributed by atoms with Gasteiger partial charge < -0.3 is 9.42 Å². The fourth-order valence-electron chi connectivity index (χ4n) is 5.10. The summed E-state index contributed by atoms with van der Waals surface area (Å²) in [7, 11) is 0. The summed E-state index contributed by atoms with van der Waals surface area (Å²) >= 11 is 0. The summed E-state index contributed by atoms with van der Waals surface area (Å²) in [4.78, 5) is 14.7. The van der Waals surface area contributed by atoms with Crippen molar-refractivity contribution in [3.05, 3.63) is 17.5 Å². The summed E-state index contributed by atoms with van der Waals surface area (Å²) in [5.74, 6) is 4.22. The van der Waals surface area contributed by atoms with Gasteiger partial charge in [0.2, 0.25) is 5.76 Å². The monoisotopic (exact) mass is 302 g/mol. The lowest BCUT2D eigenvalue weighted by Crippen LogP contribution is -2.38. The van der Waals surface area contributed by atoms with E-state index >= 15 is 0 Å². The Morgan fingerprint density at radius 1 is 1.23 bits per heavy atom. The van der Waals surface area contributed by atoms with Crippen LogP contribution in [0.15, 0.2) is 10.6 Å². The highest BCUT2D eigenvalue weighted by Crippen LogP contribution is 2.51. The van der Waals surface area contributed by atoms with Gasteiger partial charge in [-0.3, -0.25) is 4.79 Å². The summed E-state index contributed by atoms with van der Waals surface area (Å²) in [5, 5.41) is 4.06. The number of amides is 1. The van der Waals surface area contributed by atoms with Gasteiger partial charge >= 0.3 is 0 Å². The van der Waals surface area contributed by atoms with Crippen molar-refractivity contribution in [3.63, 3.8) is 0 Å². The molecule has 5 rings (SSSR count). The number of carbonyl (C=O) groups excluding carboxylic acids is 1. The Kier molecular flexibility index (Phi) is 3.50. The summed E-state index contributed by atoms with van der Waals surface area (Å²) in [5.41, 5.74) is 0.898. The van der Waals surface area contributed by atoms with Gasteiger partial charge in [-0.2, -0.15) is 0 Å². The molecule has 1 aromatic heterocycles. The number of hydrogen-bond donors (Lipinski definition) is 0. The van der Waals surface area contributed by atoms with Gasteiger partial charge in [0.15, 0.2) is 0 Å². The maximum Gasteiger partial charge on any atom is 0.292 e. The summed E-state index contributed by atoms with van der Waals surface area (Å²) in [6.45, 7) is 6.17. The molecule has 2 heterocycles. The van der Waals surface area contributed by atoms with Crippen molar-refractivity contribution in [1.82, 2.24) is 10.1 Å². The van der Waals surface area contributed by atoms with Crippen LogP contribution in [-0.4, -0.2) is 29.1 Å². The highest BCUT2D eigenvalue weighted by atomic mass is 16.5. The fourth-order valence-corrected chi connectivity index (χ4v) is 5.10. The van der Waals surface area contributed by atoms with Crippen molar-refractivity contribution in [2.24, 2.45) is 29.6 Å². The van der Waals surface area contributed by atoms with E-state index in [-0.39, 0.29) is 5.91 Å². The lowest BCUT2D eigenvalue weighted by Gasteiger charge is -2.44. The Morgan fingerprint density at radius 3 is 2.36 bits per heavy atom. The molecular weight excluding hydrogens is 276 g/mol.